The van der Waals surface area contributed by atoms with Gasteiger partial charge in [-0.1, -0.05) is 48.0 Å². The maximum absolute atomic E-state index is 13.1. The maximum Gasteiger partial charge on any atom is 0.418 e. The minimum atomic E-state index is -4.59. The third kappa shape index (κ3) is 5.11. The lowest BCUT2D eigenvalue weighted by atomic mass is 10.00. The highest BCUT2D eigenvalue weighted by Crippen LogP contribution is 2.36. The molecule has 27 heavy (non-hydrogen) atoms. The summed E-state index contributed by atoms with van der Waals surface area (Å²) in [5.41, 5.74) is 1.13. The molecule has 3 nitrogen and oxygen atoms in total. The van der Waals surface area contributed by atoms with E-state index in [1.54, 1.807) is 0 Å². The zero-order valence-electron chi connectivity index (χ0n) is 14.4. The first-order valence-corrected chi connectivity index (χ1v) is 8.84. The van der Waals surface area contributed by atoms with Crippen LogP contribution in [0.5, 0.6) is 0 Å². The molecule has 2 aromatic rings. The van der Waals surface area contributed by atoms with Crippen molar-refractivity contribution in [2.75, 3.05) is 25.0 Å². The highest BCUT2D eigenvalue weighted by atomic mass is 35.5. The molecule has 0 saturated heterocycles. The second-order valence-corrected chi connectivity index (χ2v) is 6.75. The van der Waals surface area contributed by atoms with E-state index in [0.29, 0.717) is 13.1 Å². The Morgan fingerprint density at radius 3 is 2.52 bits per heavy atom. The summed E-state index contributed by atoms with van der Waals surface area (Å²) in [6.07, 6.45) is -1.76. The molecule has 0 fully saturated rings. The normalized spacial score (nSPS) is 15.3. The molecule has 1 N–H and O–H groups in total. The molecule has 0 saturated carbocycles. The van der Waals surface area contributed by atoms with Crippen LogP contribution < -0.4 is 5.32 Å². The summed E-state index contributed by atoms with van der Waals surface area (Å²) in [6.45, 7) is 1.27. The van der Waals surface area contributed by atoms with Crippen molar-refractivity contribution < 1.29 is 18.0 Å². The summed E-state index contributed by atoms with van der Waals surface area (Å²) >= 11 is 5.65. The van der Waals surface area contributed by atoms with Crippen molar-refractivity contribution in [1.82, 2.24) is 4.90 Å². The third-order valence-electron chi connectivity index (χ3n) is 4.37. The molecule has 2 aromatic carbocycles. The molecular weight excluding hydrogens is 377 g/mol. The molecule has 1 aliphatic rings. The second-order valence-electron chi connectivity index (χ2n) is 6.32. The number of carbonyl (C=O) groups is 1. The smallest absolute Gasteiger partial charge is 0.324 e. The van der Waals surface area contributed by atoms with Gasteiger partial charge in [0.25, 0.3) is 0 Å². The molecule has 0 atom stereocenters. The molecule has 0 aliphatic carbocycles. The predicted octanol–water partition coefficient (Wildman–Crippen LogP) is 5.09. The van der Waals surface area contributed by atoms with Gasteiger partial charge in [-0.15, -0.1) is 0 Å². The number of nitrogens with zero attached hydrogens (tertiary/aromatic N) is 1. The van der Waals surface area contributed by atoms with Crippen molar-refractivity contribution in [1.29, 1.82) is 0 Å². The van der Waals surface area contributed by atoms with Crippen LogP contribution in [0.4, 0.5) is 18.9 Å². The van der Waals surface area contributed by atoms with Crippen LogP contribution in [0.1, 0.15) is 17.5 Å². The fourth-order valence-electron chi connectivity index (χ4n) is 3.02. The van der Waals surface area contributed by atoms with E-state index in [1.807, 2.05) is 35.2 Å². The standard InChI is InChI=1S/C20H18ClF3N2O/c21-16-6-7-18(17(12-16)20(22,23)24)25-19(27)13-26-10-8-15(9-11-26)14-4-2-1-3-5-14/h1-8,12H,9-11,13H2,(H,25,27). The summed E-state index contributed by atoms with van der Waals surface area (Å²) in [6, 6.07) is 13.3. The van der Waals surface area contributed by atoms with E-state index in [-0.39, 0.29) is 17.3 Å². The molecule has 0 radical (unpaired) electrons. The highest BCUT2D eigenvalue weighted by molar-refractivity contribution is 6.30. The highest BCUT2D eigenvalue weighted by Gasteiger charge is 2.34. The molecule has 0 spiro atoms. The van der Waals surface area contributed by atoms with Gasteiger partial charge in [0, 0.05) is 18.1 Å². The Kier molecular flexibility index (Phi) is 5.87. The minimum absolute atomic E-state index is 0.0263. The molecule has 0 bridgehead atoms. The van der Waals surface area contributed by atoms with Gasteiger partial charge in [-0.05, 0) is 35.8 Å². The van der Waals surface area contributed by atoms with Crippen LogP contribution in [-0.4, -0.2) is 30.4 Å². The van der Waals surface area contributed by atoms with E-state index in [1.165, 1.54) is 17.7 Å². The molecular formula is C20H18ClF3N2O. The van der Waals surface area contributed by atoms with Gasteiger partial charge in [0.1, 0.15) is 0 Å². The van der Waals surface area contributed by atoms with E-state index < -0.39 is 17.6 Å². The fraction of sp³-hybridized carbons (Fsp3) is 0.250. The Labute approximate surface area is 160 Å². The number of hydrogen-bond acceptors (Lipinski definition) is 2. The van der Waals surface area contributed by atoms with E-state index >= 15 is 0 Å². The van der Waals surface area contributed by atoms with E-state index in [2.05, 4.69) is 11.4 Å². The largest absolute Gasteiger partial charge is 0.418 e. The number of nitrogens with one attached hydrogen (secondary N) is 1. The lowest BCUT2D eigenvalue weighted by molar-refractivity contribution is -0.137. The van der Waals surface area contributed by atoms with Crippen molar-refractivity contribution in [2.45, 2.75) is 12.6 Å². The molecule has 0 unspecified atom stereocenters. The molecule has 7 heteroatoms. The van der Waals surface area contributed by atoms with Crippen LogP contribution in [0.25, 0.3) is 5.57 Å². The number of carbonyl (C=O) groups excluding carboxylic acids is 1. The van der Waals surface area contributed by atoms with Crippen molar-refractivity contribution >= 4 is 28.8 Å². The number of alkyl halides is 3. The van der Waals surface area contributed by atoms with Gasteiger partial charge in [-0.3, -0.25) is 9.69 Å². The summed E-state index contributed by atoms with van der Waals surface area (Å²) in [7, 11) is 0. The monoisotopic (exact) mass is 394 g/mol. The SMILES string of the molecule is O=C(CN1CC=C(c2ccccc2)CC1)Nc1ccc(Cl)cc1C(F)(F)F. The maximum atomic E-state index is 13.1. The van der Waals surface area contributed by atoms with Gasteiger partial charge in [0.2, 0.25) is 5.91 Å². The zero-order valence-corrected chi connectivity index (χ0v) is 15.1. The van der Waals surface area contributed by atoms with Crippen molar-refractivity contribution in [3.05, 3.63) is 70.8 Å². The number of benzene rings is 2. The van der Waals surface area contributed by atoms with Crippen LogP contribution in [0.15, 0.2) is 54.6 Å². The Hall–Kier alpha value is -2.31. The minimum Gasteiger partial charge on any atom is -0.324 e. The molecule has 1 aliphatic heterocycles. The summed E-state index contributed by atoms with van der Waals surface area (Å²) in [5, 5.41) is 2.32. The first-order chi connectivity index (χ1) is 12.8. The number of amides is 1. The first kappa shape index (κ1) is 19.5. The molecule has 3 rings (SSSR count). The number of hydrogen-bond donors (Lipinski definition) is 1. The first-order valence-electron chi connectivity index (χ1n) is 8.46. The summed E-state index contributed by atoms with van der Waals surface area (Å²) in [4.78, 5) is 14.1. The van der Waals surface area contributed by atoms with Crippen LogP contribution in [-0.2, 0) is 11.0 Å². The summed E-state index contributed by atoms with van der Waals surface area (Å²) in [5.74, 6) is -0.487. The number of anilines is 1. The molecule has 1 heterocycles. The van der Waals surface area contributed by atoms with E-state index in [4.69, 9.17) is 11.6 Å². The quantitative estimate of drug-likeness (QED) is 0.783. The fourth-order valence-corrected chi connectivity index (χ4v) is 3.19. The van der Waals surface area contributed by atoms with E-state index in [0.717, 1.165) is 18.1 Å². The van der Waals surface area contributed by atoms with Crippen LogP contribution in [0, 0.1) is 0 Å². The lowest BCUT2D eigenvalue weighted by Gasteiger charge is -2.26. The topological polar surface area (TPSA) is 32.3 Å². The van der Waals surface area contributed by atoms with Crippen LogP contribution in [0.3, 0.4) is 0 Å². The predicted molar refractivity (Wildman–Crippen MR) is 101 cm³/mol. The molecule has 1 amide bonds. The summed E-state index contributed by atoms with van der Waals surface area (Å²) < 4.78 is 39.3. The Balaban J connectivity index is 1.62. The van der Waals surface area contributed by atoms with Gasteiger partial charge in [-0.2, -0.15) is 13.2 Å². The molecule has 0 aromatic heterocycles. The average molecular weight is 395 g/mol. The van der Waals surface area contributed by atoms with Gasteiger partial charge < -0.3 is 5.32 Å². The second kappa shape index (κ2) is 8.15. The Bertz CT molecular complexity index is 850. The number of rotatable bonds is 4. The number of halogens is 4. The van der Waals surface area contributed by atoms with Crippen LogP contribution in [0.2, 0.25) is 5.02 Å². The van der Waals surface area contributed by atoms with Crippen molar-refractivity contribution in [3.8, 4) is 0 Å². The Morgan fingerprint density at radius 1 is 1.15 bits per heavy atom. The third-order valence-corrected chi connectivity index (χ3v) is 4.60. The zero-order chi connectivity index (χ0) is 19.4. The van der Waals surface area contributed by atoms with Crippen LogP contribution >= 0.6 is 11.6 Å². The Morgan fingerprint density at radius 2 is 1.89 bits per heavy atom. The van der Waals surface area contributed by atoms with Crippen molar-refractivity contribution in [3.63, 3.8) is 0 Å². The average Bonchev–Trinajstić information content (AvgIpc) is 2.64. The van der Waals surface area contributed by atoms with Crippen molar-refractivity contribution in [2.24, 2.45) is 0 Å². The van der Waals surface area contributed by atoms with Gasteiger partial charge in [0.05, 0.1) is 17.8 Å². The lowest BCUT2D eigenvalue weighted by Crippen LogP contribution is -2.36. The molecule has 142 valence electrons. The van der Waals surface area contributed by atoms with E-state index in [9.17, 15) is 18.0 Å². The van der Waals surface area contributed by atoms with Gasteiger partial charge in [-0.25, -0.2) is 0 Å². The van der Waals surface area contributed by atoms with Gasteiger partial charge in [0.15, 0.2) is 0 Å². The van der Waals surface area contributed by atoms with Gasteiger partial charge >= 0.3 is 6.18 Å².